The van der Waals surface area contributed by atoms with Gasteiger partial charge < -0.3 is 5.11 Å². The second-order valence-corrected chi connectivity index (χ2v) is 2.35. The summed E-state index contributed by atoms with van der Waals surface area (Å²) in [7, 11) is 1.00. The first-order valence-electron chi connectivity index (χ1n) is 5.85. The van der Waals surface area contributed by atoms with Crippen LogP contribution >= 0.6 is 0 Å². The molecular weight excluding hydrogens is 196 g/mol. The molecule has 1 N–H and O–H groups in total. The molecule has 0 aromatic heterocycles. The highest BCUT2D eigenvalue weighted by molar-refractivity contribution is 5.81. The zero-order chi connectivity index (χ0) is 12.8. The molecule has 0 amide bonds. The van der Waals surface area contributed by atoms with Crippen LogP contribution in [0.5, 0.6) is 0 Å². The molecule has 0 aliphatic rings. The Bertz CT molecular complexity index is 276. The Balaban J connectivity index is 0. The lowest BCUT2D eigenvalue weighted by atomic mass is 10.1. The van der Waals surface area contributed by atoms with E-state index < -0.39 is 0 Å². The fourth-order valence-electron chi connectivity index (χ4n) is 1.13. The number of fused-ring (bicyclic) bond motifs is 1. The minimum Gasteiger partial charge on any atom is -0.400 e. The van der Waals surface area contributed by atoms with Gasteiger partial charge in [-0.3, -0.25) is 0 Å². The first-order chi connectivity index (χ1) is 7.97. The molecule has 0 unspecified atom stereocenters. The van der Waals surface area contributed by atoms with E-state index in [0.29, 0.717) is 0 Å². The van der Waals surface area contributed by atoms with Crippen LogP contribution in [0.15, 0.2) is 48.5 Å². The molecule has 0 fully saturated rings. The summed E-state index contributed by atoms with van der Waals surface area (Å²) in [5.41, 5.74) is 0. The van der Waals surface area contributed by atoms with Crippen molar-refractivity contribution in [2.75, 3.05) is 7.11 Å². The molecule has 0 saturated carbocycles. The lowest BCUT2D eigenvalue weighted by Gasteiger charge is -1.92. The molecule has 1 heteroatoms. The topological polar surface area (TPSA) is 20.2 Å². The molecule has 0 saturated heterocycles. The minimum atomic E-state index is 1.00. The summed E-state index contributed by atoms with van der Waals surface area (Å²) in [5, 5.41) is 9.62. The molecule has 2 aromatic carbocycles. The van der Waals surface area contributed by atoms with Crippen LogP contribution in [-0.4, -0.2) is 12.2 Å². The van der Waals surface area contributed by atoms with Crippen LogP contribution in [0.1, 0.15) is 27.7 Å². The number of aliphatic hydroxyl groups excluding tert-OH is 1. The van der Waals surface area contributed by atoms with E-state index in [1.807, 2.05) is 27.7 Å². The van der Waals surface area contributed by atoms with Crippen LogP contribution in [0.3, 0.4) is 0 Å². The lowest BCUT2D eigenvalue weighted by Crippen LogP contribution is -1.67. The lowest BCUT2D eigenvalue weighted by molar-refractivity contribution is 0.399. The Hall–Kier alpha value is -1.34. The van der Waals surface area contributed by atoms with Gasteiger partial charge in [-0.2, -0.15) is 0 Å². The van der Waals surface area contributed by atoms with Gasteiger partial charge in [-0.25, -0.2) is 0 Å². The van der Waals surface area contributed by atoms with E-state index in [4.69, 9.17) is 5.11 Å². The van der Waals surface area contributed by atoms with Crippen molar-refractivity contribution in [2.45, 2.75) is 27.7 Å². The molecular formula is C15H24O. The van der Waals surface area contributed by atoms with Gasteiger partial charge in [-0.15, -0.1) is 0 Å². The van der Waals surface area contributed by atoms with Gasteiger partial charge in [0.15, 0.2) is 0 Å². The average Bonchev–Trinajstić information content (AvgIpc) is 2.45. The fourth-order valence-corrected chi connectivity index (χ4v) is 1.13. The number of hydrogen-bond acceptors (Lipinski definition) is 1. The van der Waals surface area contributed by atoms with Crippen LogP contribution in [0, 0.1) is 0 Å². The largest absolute Gasteiger partial charge is 0.400 e. The predicted molar refractivity (Wildman–Crippen MR) is 74.8 cm³/mol. The van der Waals surface area contributed by atoms with Crippen LogP contribution in [0.2, 0.25) is 0 Å². The standard InChI is InChI=1S/C10H8.2C2H6.CH4O/c1-2-6-10-8-4-3-7-9(10)5-1;3*1-2/h1-8H;2*1-2H3;2H,1H3. The highest BCUT2D eigenvalue weighted by atomic mass is 16.2. The third-order valence-electron chi connectivity index (χ3n) is 1.66. The van der Waals surface area contributed by atoms with Crippen molar-refractivity contribution in [3.05, 3.63) is 48.5 Å². The van der Waals surface area contributed by atoms with E-state index >= 15 is 0 Å². The zero-order valence-electron chi connectivity index (χ0n) is 11.1. The van der Waals surface area contributed by atoms with E-state index in [0.717, 1.165) is 7.11 Å². The van der Waals surface area contributed by atoms with Gasteiger partial charge >= 0.3 is 0 Å². The van der Waals surface area contributed by atoms with Crippen molar-refractivity contribution in [3.8, 4) is 0 Å². The molecule has 2 rings (SSSR count). The smallest absolute Gasteiger partial charge is 0.0319 e. The molecule has 1 nitrogen and oxygen atoms in total. The van der Waals surface area contributed by atoms with Crippen molar-refractivity contribution in [3.63, 3.8) is 0 Å². The van der Waals surface area contributed by atoms with Crippen LogP contribution < -0.4 is 0 Å². The van der Waals surface area contributed by atoms with Gasteiger partial charge in [-0.1, -0.05) is 76.2 Å². The number of aliphatic hydroxyl groups is 1. The highest BCUT2D eigenvalue weighted by Gasteiger charge is 1.85. The summed E-state index contributed by atoms with van der Waals surface area (Å²) in [6.45, 7) is 8.00. The summed E-state index contributed by atoms with van der Waals surface area (Å²) in [6.07, 6.45) is 0. The summed E-state index contributed by atoms with van der Waals surface area (Å²) in [5.74, 6) is 0. The van der Waals surface area contributed by atoms with E-state index in [2.05, 4.69) is 48.5 Å². The average molecular weight is 220 g/mol. The van der Waals surface area contributed by atoms with Gasteiger partial charge in [0.25, 0.3) is 0 Å². The molecule has 2 aromatic rings. The molecule has 0 bridgehead atoms. The van der Waals surface area contributed by atoms with Crippen molar-refractivity contribution in [1.82, 2.24) is 0 Å². The molecule has 0 aliphatic carbocycles. The van der Waals surface area contributed by atoms with Gasteiger partial charge in [0, 0.05) is 7.11 Å². The Labute approximate surface area is 99.7 Å². The SMILES string of the molecule is CC.CC.CO.c1ccc2ccccc2c1. The molecule has 0 radical (unpaired) electrons. The number of rotatable bonds is 0. The molecule has 0 aliphatic heterocycles. The third kappa shape index (κ3) is 6.20. The van der Waals surface area contributed by atoms with Crippen molar-refractivity contribution in [2.24, 2.45) is 0 Å². The first-order valence-corrected chi connectivity index (χ1v) is 5.85. The van der Waals surface area contributed by atoms with Crippen LogP contribution in [0.4, 0.5) is 0 Å². The maximum atomic E-state index is 7.00. The highest BCUT2D eigenvalue weighted by Crippen LogP contribution is 2.11. The monoisotopic (exact) mass is 220 g/mol. The Morgan fingerprint density at radius 1 is 0.562 bits per heavy atom. The van der Waals surface area contributed by atoms with Crippen molar-refractivity contribution >= 4 is 10.8 Å². The van der Waals surface area contributed by atoms with Crippen LogP contribution in [-0.2, 0) is 0 Å². The molecule has 0 spiro atoms. The Morgan fingerprint density at radius 3 is 0.938 bits per heavy atom. The second kappa shape index (κ2) is 13.7. The fraction of sp³-hybridized carbons (Fsp3) is 0.333. The zero-order valence-corrected chi connectivity index (χ0v) is 11.1. The Morgan fingerprint density at radius 2 is 0.750 bits per heavy atom. The van der Waals surface area contributed by atoms with Crippen LogP contribution in [0.25, 0.3) is 10.8 Å². The van der Waals surface area contributed by atoms with Gasteiger partial charge in [0.1, 0.15) is 0 Å². The van der Waals surface area contributed by atoms with E-state index in [9.17, 15) is 0 Å². The maximum absolute atomic E-state index is 7.00. The third-order valence-corrected chi connectivity index (χ3v) is 1.66. The van der Waals surface area contributed by atoms with Gasteiger partial charge in [-0.05, 0) is 10.8 Å². The molecule has 90 valence electrons. The Kier molecular flexibility index (Phi) is 14.6. The van der Waals surface area contributed by atoms with Gasteiger partial charge in [0.2, 0.25) is 0 Å². The van der Waals surface area contributed by atoms with E-state index in [1.54, 1.807) is 0 Å². The minimum absolute atomic E-state index is 1.00. The van der Waals surface area contributed by atoms with Crippen molar-refractivity contribution in [1.29, 1.82) is 0 Å². The molecule has 16 heavy (non-hydrogen) atoms. The summed E-state index contributed by atoms with van der Waals surface area (Å²) < 4.78 is 0. The van der Waals surface area contributed by atoms with Gasteiger partial charge in [0.05, 0.1) is 0 Å². The van der Waals surface area contributed by atoms with Crippen molar-refractivity contribution < 1.29 is 5.11 Å². The molecule has 0 atom stereocenters. The van der Waals surface area contributed by atoms with E-state index in [1.165, 1.54) is 10.8 Å². The quantitative estimate of drug-likeness (QED) is 0.693. The predicted octanol–water partition coefficient (Wildman–Crippen LogP) is 4.50. The van der Waals surface area contributed by atoms with E-state index in [-0.39, 0.29) is 0 Å². The summed E-state index contributed by atoms with van der Waals surface area (Å²) in [4.78, 5) is 0. The second-order valence-electron chi connectivity index (χ2n) is 2.35. The normalized spacial score (nSPS) is 7.38. The molecule has 0 heterocycles. The number of benzene rings is 2. The number of hydrogen-bond donors (Lipinski definition) is 1. The summed E-state index contributed by atoms with van der Waals surface area (Å²) >= 11 is 0. The maximum Gasteiger partial charge on any atom is 0.0319 e. The summed E-state index contributed by atoms with van der Waals surface area (Å²) in [6, 6.07) is 16.7. The first kappa shape index (κ1) is 17.1.